The maximum Gasteiger partial charge on any atom is 0.170 e. The van der Waals surface area contributed by atoms with E-state index in [0.717, 1.165) is 5.75 Å². The van der Waals surface area contributed by atoms with Crippen molar-refractivity contribution < 1.29 is 9.47 Å². The first-order valence-corrected chi connectivity index (χ1v) is 5.85. The molecule has 1 atom stereocenters. The van der Waals surface area contributed by atoms with Crippen LogP contribution in [0.5, 0.6) is 5.75 Å². The summed E-state index contributed by atoms with van der Waals surface area (Å²) in [5.74, 6) is 0.731. The van der Waals surface area contributed by atoms with E-state index in [9.17, 15) is 0 Å². The molecule has 1 aromatic rings. The molecule has 0 heterocycles. The molecule has 1 aromatic carbocycles. The molecule has 5 heteroatoms. The molecule has 0 saturated carbocycles. The van der Waals surface area contributed by atoms with Crippen LogP contribution in [0.1, 0.15) is 20.8 Å². The molecule has 0 fully saturated rings. The highest BCUT2D eigenvalue weighted by Gasteiger charge is 2.15. The SMILES string of the molecule is CC(C)(C)COC(COc1ccccc1)N=[N+]=[N-]. The molecule has 5 nitrogen and oxygen atoms in total. The fourth-order valence-corrected chi connectivity index (χ4v) is 1.20. The summed E-state index contributed by atoms with van der Waals surface area (Å²) in [6.45, 7) is 6.88. The third-order valence-corrected chi connectivity index (χ3v) is 2.02. The molecule has 98 valence electrons. The predicted octanol–water partition coefficient (Wildman–Crippen LogP) is 3.76. The Labute approximate surface area is 107 Å². The topological polar surface area (TPSA) is 67.2 Å². The van der Waals surface area contributed by atoms with Gasteiger partial charge in [0.1, 0.15) is 12.4 Å². The van der Waals surface area contributed by atoms with Crippen LogP contribution in [-0.2, 0) is 4.74 Å². The average molecular weight is 249 g/mol. The third-order valence-electron chi connectivity index (χ3n) is 2.02. The van der Waals surface area contributed by atoms with Crippen LogP contribution in [0.15, 0.2) is 35.4 Å². The van der Waals surface area contributed by atoms with Gasteiger partial charge in [-0.2, -0.15) is 0 Å². The van der Waals surface area contributed by atoms with Crippen molar-refractivity contribution in [2.75, 3.05) is 13.2 Å². The maximum absolute atomic E-state index is 8.49. The molecule has 0 aliphatic heterocycles. The number of rotatable bonds is 6. The average Bonchev–Trinajstić information content (AvgIpc) is 2.33. The molecular formula is C13H19N3O2. The smallest absolute Gasteiger partial charge is 0.170 e. The molecule has 0 aliphatic rings. The Balaban J connectivity index is 2.46. The van der Waals surface area contributed by atoms with Gasteiger partial charge in [0.05, 0.1) is 6.61 Å². The lowest BCUT2D eigenvalue weighted by Gasteiger charge is -2.21. The van der Waals surface area contributed by atoms with Crippen LogP contribution in [0.2, 0.25) is 0 Å². The zero-order valence-corrected chi connectivity index (χ0v) is 11.0. The van der Waals surface area contributed by atoms with Gasteiger partial charge in [0, 0.05) is 4.91 Å². The quantitative estimate of drug-likeness (QED) is 0.437. The highest BCUT2D eigenvalue weighted by Crippen LogP contribution is 2.15. The molecule has 0 saturated heterocycles. The summed E-state index contributed by atoms with van der Waals surface area (Å²) >= 11 is 0. The lowest BCUT2D eigenvalue weighted by atomic mass is 9.99. The molecule has 0 bridgehead atoms. The molecule has 0 aromatic heterocycles. The third kappa shape index (κ3) is 6.13. The second-order valence-electron chi connectivity index (χ2n) is 5.16. The highest BCUT2D eigenvalue weighted by atomic mass is 16.5. The molecule has 1 unspecified atom stereocenters. The fourth-order valence-electron chi connectivity index (χ4n) is 1.20. The number of hydrogen-bond acceptors (Lipinski definition) is 3. The van der Waals surface area contributed by atoms with Gasteiger partial charge in [-0.3, -0.25) is 0 Å². The van der Waals surface area contributed by atoms with E-state index in [1.165, 1.54) is 0 Å². The summed E-state index contributed by atoms with van der Waals surface area (Å²) in [6, 6.07) is 9.36. The van der Waals surface area contributed by atoms with Gasteiger partial charge in [0.25, 0.3) is 0 Å². The molecule has 0 radical (unpaired) electrons. The first kappa shape index (κ1) is 14.4. The van der Waals surface area contributed by atoms with Gasteiger partial charge in [0.15, 0.2) is 6.23 Å². The van der Waals surface area contributed by atoms with Crippen LogP contribution in [0.4, 0.5) is 0 Å². The van der Waals surface area contributed by atoms with Gasteiger partial charge in [-0.15, -0.1) is 0 Å². The molecular weight excluding hydrogens is 230 g/mol. The Morgan fingerprint density at radius 2 is 1.94 bits per heavy atom. The number of benzene rings is 1. The Morgan fingerprint density at radius 1 is 1.28 bits per heavy atom. The minimum absolute atomic E-state index is 0.0238. The van der Waals surface area contributed by atoms with Gasteiger partial charge in [-0.25, -0.2) is 0 Å². The van der Waals surface area contributed by atoms with Crippen LogP contribution in [-0.4, -0.2) is 19.4 Å². The number of ether oxygens (including phenoxy) is 2. The van der Waals surface area contributed by atoms with Crippen LogP contribution >= 0.6 is 0 Å². The minimum atomic E-state index is -0.602. The normalized spacial score (nSPS) is 12.6. The van der Waals surface area contributed by atoms with Crippen molar-refractivity contribution in [3.05, 3.63) is 40.8 Å². The maximum atomic E-state index is 8.49. The minimum Gasteiger partial charge on any atom is -0.491 e. The molecule has 0 spiro atoms. The van der Waals surface area contributed by atoms with E-state index in [0.29, 0.717) is 6.61 Å². The van der Waals surface area contributed by atoms with Gasteiger partial charge in [0.2, 0.25) is 0 Å². The molecule has 0 N–H and O–H groups in total. The van der Waals surface area contributed by atoms with Gasteiger partial charge in [-0.05, 0) is 23.1 Å². The summed E-state index contributed by atoms with van der Waals surface area (Å²) in [4.78, 5) is 2.77. The first-order chi connectivity index (χ1) is 8.51. The summed E-state index contributed by atoms with van der Waals surface area (Å²) in [6.07, 6.45) is -0.602. The van der Waals surface area contributed by atoms with Crippen molar-refractivity contribution in [2.45, 2.75) is 27.0 Å². The van der Waals surface area contributed by atoms with E-state index in [-0.39, 0.29) is 12.0 Å². The van der Waals surface area contributed by atoms with E-state index < -0.39 is 6.23 Å². The van der Waals surface area contributed by atoms with Crippen LogP contribution < -0.4 is 4.74 Å². The summed E-state index contributed by atoms with van der Waals surface area (Å²) in [5, 5.41) is 3.58. The van der Waals surface area contributed by atoms with E-state index in [4.69, 9.17) is 15.0 Å². The van der Waals surface area contributed by atoms with Crippen molar-refractivity contribution in [3.8, 4) is 5.75 Å². The van der Waals surface area contributed by atoms with Gasteiger partial charge >= 0.3 is 0 Å². The molecule has 0 amide bonds. The number of nitrogens with zero attached hydrogens (tertiary/aromatic N) is 3. The zero-order valence-electron chi connectivity index (χ0n) is 11.0. The standard InChI is InChI=1S/C13H19N3O2/c1-13(2,3)10-18-12(15-16-14)9-17-11-7-5-4-6-8-11/h4-8,12H,9-10H2,1-3H3. The Hall–Kier alpha value is -1.71. The van der Waals surface area contributed by atoms with Crippen molar-refractivity contribution >= 4 is 0 Å². The van der Waals surface area contributed by atoms with Crippen LogP contribution in [0, 0.1) is 5.41 Å². The van der Waals surface area contributed by atoms with Crippen molar-refractivity contribution in [1.29, 1.82) is 0 Å². The monoisotopic (exact) mass is 249 g/mol. The van der Waals surface area contributed by atoms with E-state index >= 15 is 0 Å². The van der Waals surface area contributed by atoms with Crippen LogP contribution in [0.25, 0.3) is 10.4 Å². The number of azide groups is 1. The Bertz CT molecular complexity index is 394. The largest absolute Gasteiger partial charge is 0.491 e. The lowest BCUT2D eigenvalue weighted by molar-refractivity contribution is -0.0107. The fraction of sp³-hybridized carbons (Fsp3) is 0.538. The van der Waals surface area contributed by atoms with Crippen molar-refractivity contribution in [2.24, 2.45) is 10.5 Å². The van der Waals surface area contributed by atoms with Gasteiger partial charge in [-0.1, -0.05) is 44.1 Å². The van der Waals surface area contributed by atoms with Crippen molar-refractivity contribution in [3.63, 3.8) is 0 Å². The second-order valence-corrected chi connectivity index (χ2v) is 5.16. The first-order valence-electron chi connectivity index (χ1n) is 5.85. The van der Waals surface area contributed by atoms with E-state index in [2.05, 4.69) is 30.8 Å². The predicted molar refractivity (Wildman–Crippen MR) is 70.3 cm³/mol. The second kappa shape index (κ2) is 6.89. The van der Waals surface area contributed by atoms with Gasteiger partial charge < -0.3 is 9.47 Å². The summed E-state index contributed by atoms with van der Waals surface area (Å²) in [7, 11) is 0. The molecule has 1 rings (SSSR count). The highest BCUT2D eigenvalue weighted by molar-refractivity contribution is 5.20. The lowest BCUT2D eigenvalue weighted by Crippen LogP contribution is -2.25. The summed E-state index contributed by atoms with van der Waals surface area (Å²) < 4.78 is 11.0. The zero-order chi connectivity index (χ0) is 13.4. The molecule has 0 aliphatic carbocycles. The number of para-hydroxylation sites is 1. The number of hydrogen-bond donors (Lipinski definition) is 0. The Kier molecular flexibility index (Phi) is 5.49. The Morgan fingerprint density at radius 3 is 2.50 bits per heavy atom. The summed E-state index contributed by atoms with van der Waals surface area (Å²) in [5.41, 5.74) is 8.51. The molecule has 18 heavy (non-hydrogen) atoms. The van der Waals surface area contributed by atoms with E-state index in [1.807, 2.05) is 30.3 Å². The van der Waals surface area contributed by atoms with E-state index in [1.54, 1.807) is 0 Å². The van der Waals surface area contributed by atoms with Crippen molar-refractivity contribution in [1.82, 2.24) is 0 Å². The van der Waals surface area contributed by atoms with Crippen LogP contribution in [0.3, 0.4) is 0 Å².